The number of carbonyl (C=O) groups is 3. The number of hydrogen-bond acceptors (Lipinski definition) is 4. The Bertz CT molecular complexity index is 528. The Balaban J connectivity index is 4.18. The van der Waals surface area contributed by atoms with Gasteiger partial charge in [-0.2, -0.15) is 0 Å². The Labute approximate surface area is 148 Å². The van der Waals surface area contributed by atoms with E-state index in [9.17, 15) is 14.4 Å². The normalized spacial score (nSPS) is 13.6. The highest BCUT2D eigenvalue weighted by molar-refractivity contribution is 5.79. The number of allylic oxidation sites excluding steroid dienone is 4. The second-order valence-corrected chi connectivity index (χ2v) is 6.54. The van der Waals surface area contributed by atoms with E-state index in [0.29, 0.717) is 23.9 Å². The number of ether oxygens (including phenoxy) is 1. The molecule has 0 aliphatic carbocycles. The van der Waals surface area contributed by atoms with E-state index >= 15 is 0 Å². The molecule has 1 atom stereocenters. The summed E-state index contributed by atoms with van der Waals surface area (Å²) in [5.74, 6) is -2.42. The molecular formula is C18H28NO6+. The Morgan fingerprint density at radius 2 is 1.52 bits per heavy atom. The van der Waals surface area contributed by atoms with Crippen molar-refractivity contribution < 1.29 is 33.8 Å². The van der Waals surface area contributed by atoms with Crippen molar-refractivity contribution in [2.75, 3.05) is 27.7 Å². The molecule has 25 heavy (non-hydrogen) atoms. The number of likely N-dealkylation sites (N-methyl/N-ethyl adjacent to an activating group) is 1. The molecule has 0 aliphatic rings. The van der Waals surface area contributed by atoms with E-state index in [4.69, 9.17) is 14.9 Å². The van der Waals surface area contributed by atoms with Gasteiger partial charge >= 0.3 is 17.9 Å². The summed E-state index contributed by atoms with van der Waals surface area (Å²) in [6.07, 6.45) is 10.1. The molecular weight excluding hydrogens is 326 g/mol. The third-order valence-electron chi connectivity index (χ3n) is 2.87. The predicted molar refractivity (Wildman–Crippen MR) is 93.9 cm³/mol. The van der Waals surface area contributed by atoms with Gasteiger partial charge in [0.25, 0.3) is 0 Å². The van der Waals surface area contributed by atoms with Crippen LogP contribution < -0.4 is 0 Å². The van der Waals surface area contributed by atoms with Crippen molar-refractivity contribution in [2.24, 2.45) is 0 Å². The fourth-order valence-corrected chi connectivity index (χ4v) is 1.98. The SMILES string of the molecule is C[N+](C)(C)CC(CC(=O)O)OC(=O)C/C=C/C/C=C/C/C=C/C(=O)O. The third-order valence-corrected chi connectivity index (χ3v) is 2.87. The van der Waals surface area contributed by atoms with Gasteiger partial charge in [0.1, 0.15) is 6.54 Å². The molecule has 0 radical (unpaired) electrons. The Kier molecular flexibility index (Phi) is 10.9. The number of quaternary nitrogens is 1. The van der Waals surface area contributed by atoms with Crippen LogP contribution in [0.25, 0.3) is 0 Å². The van der Waals surface area contributed by atoms with Gasteiger partial charge in [0.2, 0.25) is 0 Å². The lowest BCUT2D eigenvalue weighted by atomic mass is 10.2. The Hall–Kier alpha value is -2.41. The Morgan fingerprint density at radius 1 is 0.960 bits per heavy atom. The van der Waals surface area contributed by atoms with Gasteiger partial charge in [0, 0.05) is 6.08 Å². The molecule has 0 aliphatic heterocycles. The van der Waals surface area contributed by atoms with E-state index in [2.05, 4.69) is 0 Å². The molecule has 0 amide bonds. The van der Waals surface area contributed by atoms with Crippen molar-refractivity contribution in [1.82, 2.24) is 0 Å². The van der Waals surface area contributed by atoms with Gasteiger partial charge in [-0.25, -0.2) is 4.79 Å². The van der Waals surface area contributed by atoms with Crippen molar-refractivity contribution in [3.8, 4) is 0 Å². The molecule has 0 saturated carbocycles. The van der Waals surface area contributed by atoms with Crippen LogP contribution in [0.5, 0.6) is 0 Å². The van der Waals surface area contributed by atoms with E-state index < -0.39 is 24.0 Å². The van der Waals surface area contributed by atoms with Crippen LogP contribution in [0.3, 0.4) is 0 Å². The van der Waals surface area contributed by atoms with Gasteiger partial charge in [0.15, 0.2) is 6.10 Å². The van der Waals surface area contributed by atoms with Crippen molar-refractivity contribution in [1.29, 1.82) is 0 Å². The molecule has 7 heteroatoms. The van der Waals surface area contributed by atoms with Gasteiger partial charge in [-0.1, -0.05) is 30.4 Å². The lowest BCUT2D eigenvalue weighted by Gasteiger charge is -2.28. The van der Waals surface area contributed by atoms with Crippen molar-refractivity contribution in [2.45, 2.75) is 31.8 Å². The van der Waals surface area contributed by atoms with Gasteiger partial charge in [-0.3, -0.25) is 9.59 Å². The molecule has 0 aromatic carbocycles. The maximum atomic E-state index is 11.8. The number of carbonyl (C=O) groups excluding carboxylic acids is 1. The highest BCUT2D eigenvalue weighted by atomic mass is 16.5. The molecule has 0 rings (SSSR count). The second kappa shape index (κ2) is 12.0. The number of hydrogen-bond donors (Lipinski definition) is 2. The summed E-state index contributed by atoms with van der Waals surface area (Å²) in [7, 11) is 5.71. The molecule has 2 N–H and O–H groups in total. The summed E-state index contributed by atoms with van der Waals surface area (Å²) in [6.45, 7) is 0.425. The van der Waals surface area contributed by atoms with Crippen molar-refractivity contribution >= 4 is 17.9 Å². The van der Waals surface area contributed by atoms with Crippen LogP contribution in [0.4, 0.5) is 0 Å². The summed E-state index contributed by atoms with van der Waals surface area (Å²) in [5.41, 5.74) is 0. The van der Waals surface area contributed by atoms with Crippen LogP contribution in [-0.4, -0.2) is 66.4 Å². The minimum Gasteiger partial charge on any atom is -0.481 e. The molecule has 140 valence electrons. The van der Waals surface area contributed by atoms with Crippen LogP contribution in [0.1, 0.15) is 25.7 Å². The van der Waals surface area contributed by atoms with E-state index in [1.54, 1.807) is 12.2 Å². The lowest BCUT2D eigenvalue weighted by molar-refractivity contribution is -0.873. The number of aliphatic carboxylic acids is 2. The fourth-order valence-electron chi connectivity index (χ4n) is 1.98. The first-order valence-electron chi connectivity index (χ1n) is 8.01. The smallest absolute Gasteiger partial charge is 0.327 e. The number of carboxylic acid groups (broad SMARTS) is 2. The summed E-state index contributed by atoms with van der Waals surface area (Å²) in [4.78, 5) is 32.9. The second-order valence-electron chi connectivity index (χ2n) is 6.54. The third kappa shape index (κ3) is 16.2. The van der Waals surface area contributed by atoms with Gasteiger partial charge in [-0.15, -0.1) is 0 Å². The first-order chi connectivity index (χ1) is 11.6. The Morgan fingerprint density at radius 3 is 2.04 bits per heavy atom. The van der Waals surface area contributed by atoms with E-state index in [-0.39, 0.29) is 12.8 Å². The maximum absolute atomic E-state index is 11.8. The molecule has 0 aromatic rings. The summed E-state index contributed by atoms with van der Waals surface area (Å²) < 4.78 is 5.75. The first-order valence-corrected chi connectivity index (χ1v) is 8.01. The molecule has 0 heterocycles. The van der Waals surface area contributed by atoms with E-state index in [0.717, 1.165) is 6.08 Å². The van der Waals surface area contributed by atoms with Crippen LogP contribution in [0.15, 0.2) is 36.5 Å². The first kappa shape index (κ1) is 22.6. The molecule has 0 fully saturated rings. The van der Waals surface area contributed by atoms with Gasteiger partial charge < -0.3 is 19.4 Å². The van der Waals surface area contributed by atoms with E-state index in [1.165, 1.54) is 6.08 Å². The summed E-state index contributed by atoms with van der Waals surface area (Å²) in [6, 6.07) is 0. The molecule has 0 saturated heterocycles. The summed E-state index contributed by atoms with van der Waals surface area (Å²) >= 11 is 0. The zero-order chi connectivity index (χ0) is 19.3. The van der Waals surface area contributed by atoms with Gasteiger partial charge in [0.05, 0.1) is 34.0 Å². The average Bonchev–Trinajstić information content (AvgIpc) is 2.42. The van der Waals surface area contributed by atoms with Gasteiger partial charge in [-0.05, 0) is 12.8 Å². The number of esters is 1. The van der Waals surface area contributed by atoms with Crippen molar-refractivity contribution in [3.05, 3.63) is 36.5 Å². The van der Waals surface area contributed by atoms with Crippen LogP contribution in [0.2, 0.25) is 0 Å². The highest BCUT2D eigenvalue weighted by Gasteiger charge is 2.24. The topological polar surface area (TPSA) is 101 Å². The lowest BCUT2D eigenvalue weighted by Crippen LogP contribution is -2.43. The predicted octanol–water partition coefficient (Wildman–Crippen LogP) is 2.00. The molecule has 1 unspecified atom stereocenters. The quantitative estimate of drug-likeness (QED) is 0.241. The standard InChI is InChI=1S/C18H27NO6/c1-19(2,3)14-15(13-17(22)23)25-18(24)12-10-8-6-4-5-7-9-11-16(20)21/h4-5,8-11,15H,6-7,12-14H2,1-3H3,(H-,20,21,22,23)/p+1/b5-4+,10-8+,11-9+. The maximum Gasteiger partial charge on any atom is 0.327 e. The molecule has 0 aromatic heterocycles. The molecule has 7 nitrogen and oxygen atoms in total. The molecule has 0 spiro atoms. The highest BCUT2D eigenvalue weighted by Crippen LogP contribution is 2.07. The zero-order valence-electron chi connectivity index (χ0n) is 15.1. The number of nitrogens with zero attached hydrogens (tertiary/aromatic N) is 1. The minimum absolute atomic E-state index is 0.0834. The van der Waals surface area contributed by atoms with Crippen molar-refractivity contribution in [3.63, 3.8) is 0 Å². The summed E-state index contributed by atoms with van der Waals surface area (Å²) in [5, 5.41) is 17.3. The van der Waals surface area contributed by atoms with E-state index in [1.807, 2.05) is 33.3 Å². The van der Waals surface area contributed by atoms with Crippen LogP contribution >= 0.6 is 0 Å². The fraction of sp³-hybridized carbons (Fsp3) is 0.500. The monoisotopic (exact) mass is 354 g/mol. The van der Waals surface area contributed by atoms with Crippen LogP contribution in [-0.2, 0) is 19.1 Å². The zero-order valence-corrected chi connectivity index (χ0v) is 15.1. The number of carboxylic acids is 2. The number of rotatable bonds is 12. The van der Waals surface area contributed by atoms with Crippen LogP contribution in [0, 0.1) is 0 Å². The average molecular weight is 354 g/mol. The molecule has 0 bridgehead atoms. The minimum atomic E-state index is -0.996. The largest absolute Gasteiger partial charge is 0.481 e.